The number of aromatic nitrogens is 3. The Hall–Kier alpha value is -1.68. The third kappa shape index (κ3) is 3.54. The molecule has 1 saturated heterocycles. The van der Waals surface area contributed by atoms with E-state index in [1.165, 1.54) is 24.2 Å². The highest BCUT2D eigenvalue weighted by Gasteiger charge is 2.38. The lowest BCUT2D eigenvalue weighted by atomic mass is 9.88. The quantitative estimate of drug-likeness (QED) is 0.739. The minimum absolute atomic E-state index is 0.358. The van der Waals surface area contributed by atoms with E-state index in [1.54, 1.807) is 0 Å². The molecular weight excluding hydrogens is 296 g/mol. The Kier molecular flexibility index (Phi) is 5.04. The smallest absolute Gasteiger partial charge is 0.154 e. The molecule has 24 heavy (non-hydrogen) atoms. The Morgan fingerprint density at radius 2 is 2.00 bits per heavy atom. The van der Waals surface area contributed by atoms with E-state index in [9.17, 15) is 0 Å². The number of hydrogen-bond acceptors (Lipinski definition) is 3. The van der Waals surface area contributed by atoms with Crippen LogP contribution in [0.1, 0.15) is 63.1 Å². The van der Waals surface area contributed by atoms with Crippen LogP contribution in [0.2, 0.25) is 0 Å². The molecule has 2 unspecified atom stereocenters. The predicted molar refractivity (Wildman–Crippen MR) is 99.2 cm³/mol. The maximum atomic E-state index is 5.00. The summed E-state index contributed by atoms with van der Waals surface area (Å²) in [5, 5.41) is 4.85. The summed E-state index contributed by atoms with van der Waals surface area (Å²) in [5.41, 5.74) is 1.41. The Morgan fingerprint density at radius 1 is 1.25 bits per heavy atom. The molecule has 1 aromatic rings. The number of allylic oxidation sites excluding steroid dienone is 4. The number of rotatable bonds is 6. The van der Waals surface area contributed by atoms with Gasteiger partial charge in [0.15, 0.2) is 5.82 Å². The number of likely N-dealkylation sites (N-methyl/N-ethyl adjacent to an activating group) is 1. The van der Waals surface area contributed by atoms with Gasteiger partial charge >= 0.3 is 0 Å². The molecule has 0 bridgehead atoms. The van der Waals surface area contributed by atoms with Gasteiger partial charge in [0.1, 0.15) is 5.82 Å². The maximum Gasteiger partial charge on any atom is 0.154 e. The zero-order chi connectivity index (χ0) is 17.3. The van der Waals surface area contributed by atoms with Crippen molar-refractivity contribution in [2.75, 3.05) is 20.1 Å². The van der Waals surface area contributed by atoms with Crippen molar-refractivity contribution in [3.63, 3.8) is 0 Å². The molecule has 1 saturated carbocycles. The van der Waals surface area contributed by atoms with Crippen molar-refractivity contribution >= 4 is 0 Å². The zero-order valence-corrected chi connectivity index (χ0v) is 15.4. The van der Waals surface area contributed by atoms with Gasteiger partial charge in [0, 0.05) is 36.9 Å². The third-order valence-electron chi connectivity index (χ3n) is 5.13. The van der Waals surface area contributed by atoms with Gasteiger partial charge in [0.05, 0.1) is 0 Å². The topological polar surface area (TPSA) is 34.0 Å². The molecule has 2 atom stereocenters. The summed E-state index contributed by atoms with van der Waals surface area (Å²) in [4.78, 5) is 7.42. The van der Waals surface area contributed by atoms with Crippen LogP contribution in [-0.2, 0) is 0 Å². The van der Waals surface area contributed by atoms with Crippen molar-refractivity contribution in [3.05, 3.63) is 48.1 Å². The molecule has 3 rings (SSSR count). The third-order valence-corrected chi connectivity index (χ3v) is 5.13. The highest BCUT2D eigenvalue weighted by atomic mass is 15.4. The van der Waals surface area contributed by atoms with Crippen molar-refractivity contribution < 1.29 is 0 Å². The monoisotopic (exact) mass is 326 g/mol. The van der Waals surface area contributed by atoms with Gasteiger partial charge in [-0.05, 0) is 40.7 Å². The fourth-order valence-electron chi connectivity index (χ4n) is 3.63. The largest absolute Gasteiger partial charge is 0.305 e. The van der Waals surface area contributed by atoms with Crippen LogP contribution in [0.15, 0.2) is 36.5 Å². The summed E-state index contributed by atoms with van der Waals surface area (Å²) >= 11 is 0. The van der Waals surface area contributed by atoms with E-state index >= 15 is 0 Å². The minimum Gasteiger partial charge on any atom is -0.305 e. The lowest BCUT2D eigenvalue weighted by Crippen LogP contribution is -2.19. The molecule has 130 valence electrons. The van der Waals surface area contributed by atoms with Crippen LogP contribution in [-0.4, -0.2) is 39.8 Å². The molecule has 2 aliphatic rings. The summed E-state index contributed by atoms with van der Waals surface area (Å²) < 4.78 is 2.18. The zero-order valence-electron chi connectivity index (χ0n) is 15.4. The molecule has 4 heteroatoms. The predicted octanol–water partition coefficient (Wildman–Crippen LogP) is 4.07. The molecule has 2 heterocycles. The van der Waals surface area contributed by atoms with E-state index in [-0.39, 0.29) is 0 Å². The van der Waals surface area contributed by atoms with Gasteiger partial charge in [-0.25, -0.2) is 9.67 Å². The van der Waals surface area contributed by atoms with Crippen molar-refractivity contribution in [3.8, 4) is 0 Å². The average Bonchev–Trinajstić information content (AvgIpc) is 3.16. The second kappa shape index (κ2) is 7.06. The van der Waals surface area contributed by atoms with Gasteiger partial charge in [-0.2, -0.15) is 5.10 Å². The first kappa shape index (κ1) is 17.2. The molecular formula is C20H30N4. The number of hydrogen-bond donors (Lipinski definition) is 0. The van der Waals surface area contributed by atoms with Crippen molar-refractivity contribution in [1.29, 1.82) is 0 Å². The second-order valence-electron chi connectivity index (χ2n) is 7.61. The lowest BCUT2D eigenvalue weighted by Gasteiger charge is -2.20. The second-order valence-corrected chi connectivity index (χ2v) is 7.61. The molecule has 2 fully saturated rings. The molecule has 1 aromatic heterocycles. The molecule has 0 N–H and O–H groups in total. The van der Waals surface area contributed by atoms with Gasteiger partial charge in [0.25, 0.3) is 0 Å². The first-order chi connectivity index (χ1) is 11.5. The summed E-state index contributed by atoms with van der Waals surface area (Å²) in [6, 6.07) is 0.358. The first-order valence-electron chi connectivity index (χ1n) is 9.12. The molecule has 4 nitrogen and oxygen atoms in total. The van der Waals surface area contributed by atoms with Crippen LogP contribution < -0.4 is 0 Å². The Labute approximate surface area is 146 Å². The van der Waals surface area contributed by atoms with E-state index in [0.717, 1.165) is 18.9 Å². The van der Waals surface area contributed by atoms with Crippen molar-refractivity contribution in [2.45, 2.75) is 51.5 Å². The van der Waals surface area contributed by atoms with Gasteiger partial charge in [-0.1, -0.05) is 36.5 Å². The highest BCUT2D eigenvalue weighted by molar-refractivity contribution is 5.23. The Bertz CT molecular complexity index is 649. The molecule has 1 aliphatic heterocycles. The molecule has 0 radical (unpaired) electrons. The molecule has 1 aliphatic carbocycles. The van der Waals surface area contributed by atoms with Crippen LogP contribution >= 0.6 is 0 Å². The Balaban J connectivity index is 1.92. The van der Waals surface area contributed by atoms with Crippen molar-refractivity contribution in [1.82, 2.24) is 19.7 Å². The van der Waals surface area contributed by atoms with Crippen LogP contribution in [0.25, 0.3) is 0 Å². The van der Waals surface area contributed by atoms with E-state index in [2.05, 4.69) is 56.1 Å². The highest BCUT2D eigenvalue weighted by Crippen LogP contribution is 2.41. The summed E-state index contributed by atoms with van der Waals surface area (Å²) in [6.07, 6.45) is 10.6. The summed E-state index contributed by atoms with van der Waals surface area (Å²) in [5.74, 6) is 3.78. The number of likely N-dealkylation sites (tertiary alicyclic amines) is 1. The van der Waals surface area contributed by atoms with Crippen LogP contribution in [0.4, 0.5) is 0 Å². The normalized spacial score (nSPS) is 26.0. The van der Waals surface area contributed by atoms with E-state index in [4.69, 9.17) is 10.1 Å². The van der Waals surface area contributed by atoms with E-state index < -0.39 is 0 Å². The fourth-order valence-corrected chi connectivity index (χ4v) is 3.63. The first-order valence-corrected chi connectivity index (χ1v) is 9.12. The van der Waals surface area contributed by atoms with Crippen LogP contribution in [0.5, 0.6) is 0 Å². The number of nitrogens with zero attached hydrogens (tertiary/aromatic N) is 4. The van der Waals surface area contributed by atoms with Crippen LogP contribution in [0, 0.1) is 5.92 Å². The van der Waals surface area contributed by atoms with Gasteiger partial charge in [-0.3, -0.25) is 0 Å². The molecule has 0 spiro atoms. The molecule has 0 amide bonds. The summed E-state index contributed by atoms with van der Waals surface area (Å²) in [6.45, 7) is 12.5. The minimum atomic E-state index is 0.358. The SMILES string of the molecule is C=C/C=C\C=C(/C)C1CN(C)CC1c1nc(C2CC2)nn1C(C)C. The summed E-state index contributed by atoms with van der Waals surface area (Å²) in [7, 11) is 2.21. The van der Waals surface area contributed by atoms with E-state index in [0.29, 0.717) is 23.8 Å². The standard InChI is InChI=1S/C20H30N4/c1-6-7-8-9-15(4)17-12-23(5)13-18(17)20-21-19(16-10-11-16)22-24(20)14(2)3/h6-9,14,16-18H,1,10-13H2,2-5H3/b8-7-,15-9+. The average molecular weight is 326 g/mol. The van der Waals surface area contributed by atoms with Crippen LogP contribution in [0.3, 0.4) is 0 Å². The van der Waals surface area contributed by atoms with Gasteiger partial charge in [0.2, 0.25) is 0 Å². The van der Waals surface area contributed by atoms with Gasteiger partial charge in [-0.15, -0.1) is 0 Å². The molecule has 0 aromatic carbocycles. The van der Waals surface area contributed by atoms with E-state index in [1.807, 2.05) is 12.2 Å². The fraction of sp³-hybridized carbons (Fsp3) is 0.600. The maximum absolute atomic E-state index is 5.00. The van der Waals surface area contributed by atoms with Gasteiger partial charge < -0.3 is 4.90 Å². The Morgan fingerprint density at radius 3 is 2.62 bits per heavy atom. The van der Waals surface area contributed by atoms with Crippen molar-refractivity contribution in [2.24, 2.45) is 5.92 Å². The lowest BCUT2D eigenvalue weighted by molar-refractivity contribution is 0.400.